The number of aromatic nitrogens is 2. The number of nitrogens with zero attached hydrogens (tertiary/aromatic N) is 2. The summed E-state index contributed by atoms with van der Waals surface area (Å²) in [5.74, 6) is -0.153. The third kappa shape index (κ3) is 5.30. The second-order valence-electron chi connectivity index (χ2n) is 6.30. The van der Waals surface area contributed by atoms with Crippen LogP contribution in [0.2, 0.25) is 0 Å². The molecule has 0 N–H and O–H groups in total. The van der Waals surface area contributed by atoms with Gasteiger partial charge in [-0.1, -0.05) is 18.2 Å². The van der Waals surface area contributed by atoms with Crippen LogP contribution in [-0.2, 0) is 19.1 Å². The summed E-state index contributed by atoms with van der Waals surface area (Å²) in [6.07, 6.45) is 4.61. The molecule has 8 heteroatoms. The molecule has 3 aromatic rings. The lowest BCUT2D eigenvalue weighted by Gasteiger charge is -2.09. The summed E-state index contributed by atoms with van der Waals surface area (Å²) < 4.78 is 21.7. The molecule has 2 aromatic carbocycles. The van der Waals surface area contributed by atoms with Crippen LogP contribution >= 0.6 is 0 Å². The Morgan fingerprint density at radius 2 is 1.74 bits per heavy atom. The Bertz CT molecular complexity index is 1090. The van der Waals surface area contributed by atoms with Gasteiger partial charge in [0.15, 0.2) is 18.1 Å². The van der Waals surface area contributed by atoms with Gasteiger partial charge in [0.25, 0.3) is 0 Å². The van der Waals surface area contributed by atoms with E-state index in [1.54, 1.807) is 37.2 Å². The van der Waals surface area contributed by atoms with Gasteiger partial charge in [-0.2, -0.15) is 5.10 Å². The van der Waals surface area contributed by atoms with E-state index < -0.39 is 18.5 Å². The zero-order valence-electron chi connectivity index (χ0n) is 17.4. The highest BCUT2D eigenvalue weighted by atomic mass is 16.6. The largest absolute Gasteiger partial charge is 0.493 e. The van der Waals surface area contributed by atoms with Crippen molar-refractivity contribution in [2.24, 2.45) is 0 Å². The lowest BCUT2D eigenvalue weighted by atomic mass is 10.1. The molecular weight excluding hydrogens is 400 g/mol. The quantitative estimate of drug-likeness (QED) is 0.407. The van der Waals surface area contributed by atoms with Gasteiger partial charge in [0.2, 0.25) is 0 Å². The Labute approximate surface area is 179 Å². The summed E-state index contributed by atoms with van der Waals surface area (Å²) in [7, 11) is 4.34. The molecule has 0 unspecified atom stereocenters. The average Bonchev–Trinajstić information content (AvgIpc) is 3.25. The van der Waals surface area contributed by atoms with E-state index in [2.05, 4.69) is 9.84 Å². The molecule has 8 nitrogen and oxygen atoms in total. The smallest absolute Gasteiger partial charge is 0.344 e. The molecule has 0 aliphatic carbocycles. The SMILES string of the molecule is COC(=O)COC(=O)/C=C\c1cn(-c2ccccc2)nc1-c1ccc(OC)c(OC)c1. The van der Waals surface area contributed by atoms with E-state index in [9.17, 15) is 9.59 Å². The van der Waals surface area contributed by atoms with Gasteiger partial charge in [-0.25, -0.2) is 14.3 Å². The Balaban J connectivity index is 1.97. The van der Waals surface area contributed by atoms with Gasteiger partial charge < -0.3 is 18.9 Å². The average molecular weight is 422 g/mol. The highest BCUT2D eigenvalue weighted by Crippen LogP contribution is 2.33. The van der Waals surface area contributed by atoms with E-state index in [1.807, 2.05) is 42.5 Å². The molecule has 0 spiro atoms. The summed E-state index contributed by atoms with van der Waals surface area (Å²) in [6, 6.07) is 15.0. The van der Waals surface area contributed by atoms with Crippen LogP contribution < -0.4 is 9.47 Å². The molecule has 0 amide bonds. The number of rotatable bonds is 8. The normalized spacial score (nSPS) is 10.7. The van der Waals surface area contributed by atoms with Crippen molar-refractivity contribution in [3.05, 3.63) is 66.4 Å². The van der Waals surface area contributed by atoms with Gasteiger partial charge in [0.1, 0.15) is 5.69 Å². The number of hydrogen-bond acceptors (Lipinski definition) is 7. The fourth-order valence-corrected chi connectivity index (χ4v) is 2.83. The fraction of sp³-hybridized carbons (Fsp3) is 0.174. The van der Waals surface area contributed by atoms with Gasteiger partial charge in [0.05, 0.1) is 27.0 Å². The van der Waals surface area contributed by atoms with Gasteiger partial charge in [0, 0.05) is 23.4 Å². The molecule has 0 saturated heterocycles. The molecule has 0 atom stereocenters. The van der Waals surface area contributed by atoms with E-state index in [4.69, 9.17) is 14.2 Å². The monoisotopic (exact) mass is 422 g/mol. The molecular formula is C23H22N2O6. The number of carbonyl (C=O) groups excluding carboxylic acids is 2. The molecule has 3 rings (SSSR count). The minimum absolute atomic E-state index is 0.453. The first-order chi connectivity index (χ1) is 15.0. The highest BCUT2D eigenvalue weighted by Gasteiger charge is 2.14. The lowest BCUT2D eigenvalue weighted by molar-refractivity contribution is -0.154. The topological polar surface area (TPSA) is 88.9 Å². The summed E-state index contributed by atoms with van der Waals surface area (Å²) in [5, 5.41) is 4.69. The van der Waals surface area contributed by atoms with Gasteiger partial charge in [-0.15, -0.1) is 0 Å². The van der Waals surface area contributed by atoms with Crippen molar-refractivity contribution in [3.63, 3.8) is 0 Å². The molecule has 0 aliphatic rings. The zero-order valence-corrected chi connectivity index (χ0v) is 17.4. The Hall–Kier alpha value is -4.07. The van der Waals surface area contributed by atoms with Crippen LogP contribution in [-0.4, -0.2) is 49.7 Å². The van der Waals surface area contributed by atoms with Gasteiger partial charge in [-0.3, -0.25) is 0 Å². The maximum atomic E-state index is 12.0. The number of carbonyl (C=O) groups is 2. The number of hydrogen-bond donors (Lipinski definition) is 0. The second kappa shape index (κ2) is 10.1. The molecule has 0 radical (unpaired) electrons. The van der Waals surface area contributed by atoms with E-state index >= 15 is 0 Å². The van der Waals surface area contributed by atoms with E-state index in [1.165, 1.54) is 13.2 Å². The Morgan fingerprint density at radius 3 is 2.42 bits per heavy atom. The summed E-state index contributed by atoms with van der Waals surface area (Å²) in [4.78, 5) is 23.1. The van der Waals surface area contributed by atoms with Crippen molar-refractivity contribution in [3.8, 4) is 28.4 Å². The van der Waals surface area contributed by atoms with Crippen molar-refractivity contribution < 1.29 is 28.5 Å². The van der Waals surface area contributed by atoms with E-state index in [-0.39, 0.29) is 0 Å². The van der Waals surface area contributed by atoms with Crippen molar-refractivity contribution in [2.45, 2.75) is 0 Å². The maximum Gasteiger partial charge on any atom is 0.344 e. The van der Waals surface area contributed by atoms with Crippen LogP contribution in [0.1, 0.15) is 5.56 Å². The maximum absolute atomic E-state index is 12.0. The van der Waals surface area contributed by atoms with Crippen LogP contribution in [0.4, 0.5) is 0 Å². The molecule has 0 saturated carbocycles. The Kier molecular flexibility index (Phi) is 7.05. The van der Waals surface area contributed by atoms with Crippen LogP contribution in [0.3, 0.4) is 0 Å². The van der Waals surface area contributed by atoms with Gasteiger partial charge >= 0.3 is 11.9 Å². The summed E-state index contributed by atoms with van der Waals surface area (Å²) >= 11 is 0. The van der Waals surface area contributed by atoms with Crippen LogP contribution in [0.5, 0.6) is 11.5 Å². The van der Waals surface area contributed by atoms with Crippen LogP contribution in [0.25, 0.3) is 23.0 Å². The second-order valence-corrected chi connectivity index (χ2v) is 6.30. The number of methoxy groups -OCH3 is 3. The summed E-state index contributed by atoms with van der Waals surface area (Å²) in [5.41, 5.74) is 2.93. The number of esters is 2. The number of ether oxygens (including phenoxy) is 4. The lowest BCUT2D eigenvalue weighted by Crippen LogP contribution is -2.13. The predicted molar refractivity (Wildman–Crippen MR) is 114 cm³/mol. The standard InChI is InChI=1S/C23H22N2O6/c1-28-19-11-9-16(13-20(19)29-2)23-17(10-12-21(26)31-15-22(27)30-3)14-25(24-23)18-7-5-4-6-8-18/h4-14H,15H2,1-3H3/b12-10-. The predicted octanol–water partition coefficient (Wildman–Crippen LogP) is 3.29. The zero-order chi connectivity index (χ0) is 22.2. The first-order valence-electron chi connectivity index (χ1n) is 9.35. The molecule has 0 aliphatic heterocycles. The highest BCUT2D eigenvalue weighted by molar-refractivity contribution is 5.90. The number of benzene rings is 2. The minimum Gasteiger partial charge on any atom is -0.493 e. The first kappa shape index (κ1) is 21.6. The van der Waals surface area contributed by atoms with Crippen molar-refractivity contribution in [2.75, 3.05) is 27.9 Å². The van der Waals surface area contributed by atoms with Crippen molar-refractivity contribution >= 4 is 18.0 Å². The Morgan fingerprint density at radius 1 is 1.00 bits per heavy atom. The van der Waals surface area contributed by atoms with E-state index in [0.29, 0.717) is 22.8 Å². The molecule has 1 heterocycles. The van der Waals surface area contributed by atoms with Crippen LogP contribution in [0.15, 0.2) is 60.8 Å². The third-order valence-corrected chi connectivity index (χ3v) is 4.38. The number of para-hydroxylation sites is 1. The first-order valence-corrected chi connectivity index (χ1v) is 9.35. The summed E-state index contributed by atoms with van der Waals surface area (Å²) in [6.45, 7) is -0.453. The fourth-order valence-electron chi connectivity index (χ4n) is 2.83. The molecule has 31 heavy (non-hydrogen) atoms. The molecule has 160 valence electrons. The molecule has 1 aromatic heterocycles. The molecule has 0 bridgehead atoms. The van der Waals surface area contributed by atoms with Crippen LogP contribution in [0, 0.1) is 0 Å². The third-order valence-electron chi connectivity index (χ3n) is 4.38. The van der Waals surface area contributed by atoms with E-state index in [0.717, 1.165) is 11.3 Å². The molecule has 0 fully saturated rings. The minimum atomic E-state index is -0.670. The van der Waals surface area contributed by atoms with Gasteiger partial charge in [-0.05, 0) is 36.4 Å². The van der Waals surface area contributed by atoms with Crippen molar-refractivity contribution in [1.29, 1.82) is 0 Å². The van der Waals surface area contributed by atoms with Crippen molar-refractivity contribution in [1.82, 2.24) is 9.78 Å².